The summed E-state index contributed by atoms with van der Waals surface area (Å²) in [7, 11) is 0. The molecule has 4 nitrogen and oxygen atoms in total. The Morgan fingerprint density at radius 3 is 2.16 bits per heavy atom. The van der Waals surface area contributed by atoms with Crippen LogP contribution in [0, 0.1) is 5.41 Å². The third-order valence-corrected chi connectivity index (χ3v) is 5.19. The molecule has 1 fully saturated rings. The van der Waals surface area contributed by atoms with E-state index in [1.54, 1.807) is 29.2 Å². The second-order valence-corrected chi connectivity index (χ2v) is 6.98. The van der Waals surface area contributed by atoms with Gasteiger partial charge in [0.1, 0.15) is 0 Å². The minimum Gasteiger partial charge on any atom is -0.481 e. The fourth-order valence-electron chi connectivity index (χ4n) is 3.37. The summed E-state index contributed by atoms with van der Waals surface area (Å²) < 4.78 is 0. The van der Waals surface area contributed by atoms with Gasteiger partial charge in [-0.3, -0.25) is 9.59 Å². The lowest BCUT2D eigenvalue weighted by Crippen LogP contribution is -2.47. The van der Waals surface area contributed by atoms with E-state index in [0.717, 1.165) is 5.56 Å². The van der Waals surface area contributed by atoms with E-state index in [2.05, 4.69) is 0 Å². The van der Waals surface area contributed by atoms with Gasteiger partial charge in [0.25, 0.3) is 5.91 Å². The first kappa shape index (κ1) is 17.5. The number of hydrogen-bond donors (Lipinski definition) is 1. The Hall–Kier alpha value is -2.33. The van der Waals surface area contributed by atoms with Crippen molar-refractivity contribution in [3.05, 3.63) is 70.7 Å². The molecule has 0 saturated carbocycles. The van der Waals surface area contributed by atoms with Gasteiger partial charge in [0.15, 0.2) is 0 Å². The molecule has 1 aliphatic rings. The summed E-state index contributed by atoms with van der Waals surface area (Å²) in [6, 6.07) is 16.5. The van der Waals surface area contributed by atoms with Gasteiger partial charge in [-0.2, -0.15) is 0 Å². The monoisotopic (exact) mass is 357 g/mol. The molecule has 1 heterocycles. The number of hydrogen-bond acceptors (Lipinski definition) is 2. The van der Waals surface area contributed by atoms with Crippen molar-refractivity contribution in [2.24, 2.45) is 5.41 Å². The lowest BCUT2D eigenvalue weighted by Gasteiger charge is -2.39. The minimum absolute atomic E-state index is 0.0737. The van der Waals surface area contributed by atoms with E-state index in [1.165, 1.54) is 0 Å². The van der Waals surface area contributed by atoms with E-state index in [0.29, 0.717) is 42.9 Å². The molecule has 5 heteroatoms. The van der Waals surface area contributed by atoms with E-state index in [9.17, 15) is 14.7 Å². The maximum absolute atomic E-state index is 12.6. The fourth-order valence-corrected chi connectivity index (χ4v) is 3.49. The molecule has 25 heavy (non-hydrogen) atoms. The first-order valence-corrected chi connectivity index (χ1v) is 8.70. The Kier molecular flexibility index (Phi) is 5.09. The highest BCUT2D eigenvalue weighted by atomic mass is 35.5. The van der Waals surface area contributed by atoms with Crippen LogP contribution < -0.4 is 0 Å². The van der Waals surface area contributed by atoms with Gasteiger partial charge in [0, 0.05) is 23.7 Å². The smallest absolute Gasteiger partial charge is 0.310 e. The number of carboxylic acids is 1. The van der Waals surface area contributed by atoms with Gasteiger partial charge >= 0.3 is 5.97 Å². The molecule has 2 aromatic carbocycles. The summed E-state index contributed by atoms with van der Waals surface area (Å²) in [6.45, 7) is 0.890. The van der Waals surface area contributed by atoms with Gasteiger partial charge in [0.2, 0.25) is 0 Å². The summed E-state index contributed by atoms with van der Waals surface area (Å²) in [5, 5.41) is 10.4. The van der Waals surface area contributed by atoms with Gasteiger partial charge in [-0.1, -0.05) is 41.9 Å². The molecule has 0 aromatic heterocycles. The Morgan fingerprint density at radius 2 is 1.60 bits per heavy atom. The number of rotatable bonds is 4. The number of benzene rings is 2. The van der Waals surface area contributed by atoms with Crippen molar-refractivity contribution < 1.29 is 14.7 Å². The summed E-state index contributed by atoms with van der Waals surface area (Å²) >= 11 is 5.86. The summed E-state index contributed by atoms with van der Waals surface area (Å²) in [6.07, 6.45) is 1.40. The van der Waals surface area contributed by atoms with Crippen LogP contribution in [-0.4, -0.2) is 35.0 Å². The third kappa shape index (κ3) is 3.85. The molecule has 1 N–H and O–H groups in total. The van der Waals surface area contributed by atoms with Crippen LogP contribution in [0.5, 0.6) is 0 Å². The highest BCUT2D eigenvalue weighted by Crippen LogP contribution is 2.36. The number of piperidine rings is 1. The lowest BCUT2D eigenvalue weighted by molar-refractivity contribution is -0.151. The van der Waals surface area contributed by atoms with Gasteiger partial charge in [-0.15, -0.1) is 0 Å². The normalized spacial score (nSPS) is 16.4. The number of carbonyl (C=O) groups is 2. The molecule has 0 aliphatic carbocycles. The second-order valence-electron chi connectivity index (χ2n) is 6.55. The van der Waals surface area contributed by atoms with Crippen molar-refractivity contribution >= 4 is 23.5 Å². The fraction of sp³-hybridized carbons (Fsp3) is 0.300. The third-order valence-electron chi connectivity index (χ3n) is 4.94. The number of likely N-dealkylation sites (tertiary alicyclic amines) is 1. The van der Waals surface area contributed by atoms with Gasteiger partial charge in [-0.25, -0.2) is 0 Å². The molecule has 3 rings (SSSR count). The summed E-state index contributed by atoms with van der Waals surface area (Å²) in [5.74, 6) is -0.856. The van der Waals surface area contributed by atoms with Crippen LogP contribution in [0.2, 0.25) is 5.02 Å². The molecular formula is C20H20ClNO3. The van der Waals surface area contributed by atoms with E-state index in [-0.39, 0.29) is 5.91 Å². The zero-order valence-corrected chi connectivity index (χ0v) is 14.6. The van der Waals surface area contributed by atoms with Gasteiger partial charge < -0.3 is 10.0 Å². The molecule has 1 saturated heterocycles. The van der Waals surface area contributed by atoms with E-state index in [4.69, 9.17) is 11.6 Å². The standard InChI is InChI=1S/C20H20ClNO3/c21-17-8-6-16(7-9-17)18(23)22-12-10-20(11-13-22,19(24)25)14-15-4-2-1-3-5-15/h1-9H,10-14H2,(H,24,25). The highest BCUT2D eigenvalue weighted by molar-refractivity contribution is 6.30. The van der Waals surface area contributed by atoms with Crippen molar-refractivity contribution in [1.29, 1.82) is 0 Å². The SMILES string of the molecule is O=C(c1ccc(Cl)cc1)N1CCC(Cc2ccccc2)(C(=O)O)CC1. The molecule has 1 aliphatic heterocycles. The van der Waals surface area contributed by atoms with Crippen molar-refractivity contribution in [3.63, 3.8) is 0 Å². The molecular weight excluding hydrogens is 338 g/mol. The largest absolute Gasteiger partial charge is 0.481 e. The zero-order chi connectivity index (χ0) is 17.9. The first-order chi connectivity index (χ1) is 12.0. The first-order valence-electron chi connectivity index (χ1n) is 8.32. The second kappa shape index (κ2) is 7.28. The van der Waals surface area contributed by atoms with Crippen molar-refractivity contribution in [2.75, 3.05) is 13.1 Å². The molecule has 130 valence electrons. The molecule has 0 spiro atoms. The predicted molar refractivity (Wildman–Crippen MR) is 96.8 cm³/mol. The van der Waals surface area contributed by atoms with Crippen molar-refractivity contribution in [2.45, 2.75) is 19.3 Å². The topological polar surface area (TPSA) is 57.6 Å². The van der Waals surface area contributed by atoms with E-state index < -0.39 is 11.4 Å². The highest BCUT2D eigenvalue weighted by Gasteiger charge is 2.42. The maximum Gasteiger partial charge on any atom is 0.310 e. The number of aliphatic carboxylic acids is 1. The van der Waals surface area contributed by atoms with E-state index >= 15 is 0 Å². The van der Waals surface area contributed by atoms with Crippen molar-refractivity contribution in [1.82, 2.24) is 4.90 Å². The van der Waals surface area contributed by atoms with Crippen LogP contribution in [0.25, 0.3) is 0 Å². The number of carboxylic acid groups (broad SMARTS) is 1. The molecule has 0 unspecified atom stereocenters. The molecule has 1 amide bonds. The van der Waals surface area contributed by atoms with Gasteiger partial charge in [0.05, 0.1) is 5.41 Å². The molecule has 0 radical (unpaired) electrons. The number of halogens is 1. The Bertz CT molecular complexity index is 750. The Labute approximate surface area is 152 Å². The number of carbonyl (C=O) groups excluding carboxylic acids is 1. The average Bonchev–Trinajstić information content (AvgIpc) is 2.63. The molecule has 2 aromatic rings. The van der Waals surface area contributed by atoms with E-state index in [1.807, 2.05) is 30.3 Å². The number of nitrogens with zero attached hydrogens (tertiary/aromatic N) is 1. The average molecular weight is 358 g/mol. The number of amides is 1. The van der Waals surface area contributed by atoms with Crippen LogP contribution in [0.1, 0.15) is 28.8 Å². The van der Waals surface area contributed by atoms with Crippen LogP contribution >= 0.6 is 11.6 Å². The summed E-state index contributed by atoms with van der Waals surface area (Å²) in [4.78, 5) is 26.3. The maximum atomic E-state index is 12.6. The zero-order valence-electron chi connectivity index (χ0n) is 13.8. The quantitative estimate of drug-likeness (QED) is 0.903. The van der Waals surface area contributed by atoms with Crippen LogP contribution in [-0.2, 0) is 11.2 Å². The predicted octanol–water partition coefficient (Wildman–Crippen LogP) is 3.89. The van der Waals surface area contributed by atoms with Crippen LogP contribution in [0.15, 0.2) is 54.6 Å². The Balaban J connectivity index is 1.70. The van der Waals surface area contributed by atoms with Gasteiger partial charge in [-0.05, 0) is 49.1 Å². The van der Waals surface area contributed by atoms with Crippen LogP contribution in [0.4, 0.5) is 0 Å². The Morgan fingerprint density at radius 1 is 1.00 bits per heavy atom. The lowest BCUT2D eigenvalue weighted by atomic mass is 9.73. The summed E-state index contributed by atoms with van der Waals surface area (Å²) in [5.41, 5.74) is 0.788. The molecule has 0 atom stereocenters. The minimum atomic E-state index is -0.807. The van der Waals surface area contributed by atoms with Crippen molar-refractivity contribution in [3.8, 4) is 0 Å². The van der Waals surface area contributed by atoms with Crippen LogP contribution in [0.3, 0.4) is 0 Å². The molecule has 0 bridgehead atoms.